The number of hydrogen-bond donors (Lipinski definition) is 1. The van der Waals surface area contributed by atoms with Crippen molar-refractivity contribution < 1.29 is 14.7 Å². The Kier molecular flexibility index (Phi) is 6.84. The molecule has 3 rings (SSSR count). The maximum absolute atomic E-state index is 12.8. The van der Waals surface area contributed by atoms with Crippen LogP contribution in [0, 0.1) is 5.92 Å². The van der Waals surface area contributed by atoms with Crippen LogP contribution in [0.1, 0.15) is 41.6 Å². The molecule has 3 nitrogen and oxygen atoms in total. The molecular formula is C25H23ClO3. The Morgan fingerprint density at radius 1 is 0.862 bits per heavy atom. The van der Waals surface area contributed by atoms with E-state index < -0.39 is 11.9 Å². The smallest absolute Gasteiger partial charge is 0.307 e. The van der Waals surface area contributed by atoms with Crippen molar-refractivity contribution in [1.29, 1.82) is 0 Å². The average molecular weight is 407 g/mol. The van der Waals surface area contributed by atoms with E-state index in [0.29, 0.717) is 17.0 Å². The Bertz CT molecular complexity index is 963. The van der Waals surface area contributed by atoms with E-state index in [4.69, 9.17) is 11.6 Å². The molecular weight excluding hydrogens is 384 g/mol. The third-order valence-electron chi connectivity index (χ3n) is 5.26. The maximum atomic E-state index is 12.8. The van der Waals surface area contributed by atoms with Crippen molar-refractivity contribution in [2.75, 3.05) is 0 Å². The first kappa shape index (κ1) is 20.8. The van der Waals surface area contributed by atoms with Crippen LogP contribution in [0.2, 0.25) is 5.02 Å². The number of benzene rings is 3. The zero-order valence-electron chi connectivity index (χ0n) is 16.2. The average Bonchev–Trinajstić information content (AvgIpc) is 2.75. The standard InChI is InChI=1S/C25H23ClO3/c1-2-22(19-6-4-3-5-7-19)23(25(28)29)16-24(27)20-10-8-17(9-11-20)18-12-14-21(26)15-13-18/h3-15,22-23H,2,16H2,1H3,(H,28,29)/t22?,23-/m0/s1. The number of aliphatic carboxylic acids is 1. The predicted molar refractivity (Wildman–Crippen MR) is 116 cm³/mol. The monoisotopic (exact) mass is 406 g/mol. The zero-order chi connectivity index (χ0) is 20.8. The Morgan fingerprint density at radius 2 is 1.41 bits per heavy atom. The van der Waals surface area contributed by atoms with Crippen molar-refractivity contribution in [3.63, 3.8) is 0 Å². The van der Waals surface area contributed by atoms with Gasteiger partial charge in [0.05, 0.1) is 5.92 Å². The molecule has 0 spiro atoms. The van der Waals surface area contributed by atoms with Crippen molar-refractivity contribution in [3.8, 4) is 11.1 Å². The summed E-state index contributed by atoms with van der Waals surface area (Å²) in [7, 11) is 0. The number of Topliss-reactive ketones (excluding diaryl/α,β-unsaturated/α-hetero) is 1. The number of carboxylic acid groups (broad SMARTS) is 1. The lowest BCUT2D eigenvalue weighted by atomic mass is 9.80. The molecule has 1 unspecified atom stereocenters. The molecule has 2 atom stereocenters. The number of hydrogen-bond acceptors (Lipinski definition) is 2. The topological polar surface area (TPSA) is 54.4 Å². The second kappa shape index (κ2) is 9.53. The van der Waals surface area contributed by atoms with Crippen molar-refractivity contribution in [1.82, 2.24) is 0 Å². The maximum Gasteiger partial charge on any atom is 0.307 e. The predicted octanol–water partition coefficient (Wildman–Crippen LogP) is 6.47. The molecule has 1 N–H and O–H groups in total. The summed E-state index contributed by atoms with van der Waals surface area (Å²) in [6.07, 6.45) is 0.632. The molecule has 0 aliphatic heterocycles. The van der Waals surface area contributed by atoms with Crippen LogP contribution in [0.5, 0.6) is 0 Å². The molecule has 3 aromatic rings. The molecule has 0 aliphatic rings. The highest BCUT2D eigenvalue weighted by atomic mass is 35.5. The van der Waals surface area contributed by atoms with Gasteiger partial charge in [-0.25, -0.2) is 0 Å². The van der Waals surface area contributed by atoms with Crippen LogP contribution >= 0.6 is 11.6 Å². The fourth-order valence-electron chi connectivity index (χ4n) is 3.66. The second-order valence-corrected chi connectivity index (χ2v) is 7.52. The first-order valence-corrected chi connectivity index (χ1v) is 10.0. The third-order valence-corrected chi connectivity index (χ3v) is 5.51. The van der Waals surface area contributed by atoms with E-state index in [2.05, 4.69) is 0 Å². The summed E-state index contributed by atoms with van der Waals surface area (Å²) in [6, 6.07) is 24.3. The van der Waals surface area contributed by atoms with Crippen molar-refractivity contribution in [2.24, 2.45) is 5.92 Å². The van der Waals surface area contributed by atoms with Gasteiger partial charge < -0.3 is 5.11 Å². The second-order valence-electron chi connectivity index (χ2n) is 7.08. The minimum Gasteiger partial charge on any atom is -0.481 e. The van der Waals surface area contributed by atoms with Crippen LogP contribution < -0.4 is 0 Å². The fourth-order valence-corrected chi connectivity index (χ4v) is 3.79. The lowest BCUT2D eigenvalue weighted by Crippen LogP contribution is -2.25. The third kappa shape index (κ3) is 5.12. The molecule has 0 radical (unpaired) electrons. The molecule has 0 saturated carbocycles. The van der Waals surface area contributed by atoms with Crippen LogP contribution in [-0.4, -0.2) is 16.9 Å². The minimum absolute atomic E-state index is 0.0248. The highest BCUT2D eigenvalue weighted by Crippen LogP contribution is 2.32. The summed E-state index contributed by atoms with van der Waals surface area (Å²) in [4.78, 5) is 24.8. The van der Waals surface area contributed by atoms with Gasteiger partial charge in [-0.3, -0.25) is 9.59 Å². The van der Waals surface area contributed by atoms with Gasteiger partial charge >= 0.3 is 5.97 Å². The fraction of sp³-hybridized carbons (Fsp3) is 0.200. The van der Waals surface area contributed by atoms with Crippen molar-refractivity contribution in [3.05, 3.63) is 95.0 Å². The van der Waals surface area contributed by atoms with Crippen LogP contribution in [0.15, 0.2) is 78.9 Å². The Balaban J connectivity index is 1.78. The van der Waals surface area contributed by atoms with Gasteiger partial charge in [-0.1, -0.05) is 85.3 Å². The van der Waals surface area contributed by atoms with E-state index in [-0.39, 0.29) is 18.1 Å². The molecule has 0 aliphatic carbocycles. The molecule has 0 saturated heterocycles. The van der Waals surface area contributed by atoms with Gasteiger partial charge in [-0.15, -0.1) is 0 Å². The SMILES string of the molecule is CCC(c1ccccc1)[C@H](CC(=O)c1ccc(-c2ccc(Cl)cc2)cc1)C(=O)O. The Hall–Kier alpha value is -2.91. The largest absolute Gasteiger partial charge is 0.481 e. The van der Waals surface area contributed by atoms with Crippen LogP contribution in [0.3, 0.4) is 0 Å². The highest BCUT2D eigenvalue weighted by Gasteiger charge is 2.30. The normalized spacial score (nSPS) is 12.9. The molecule has 3 aromatic carbocycles. The summed E-state index contributed by atoms with van der Waals surface area (Å²) in [6.45, 7) is 1.96. The van der Waals surface area contributed by atoms with Crippen molar-refractivity contribution in [2.45, 2.75) is 25.7 Å². The summed E-state index contributed by atoms with van der Waals surface area (Å²) in [5.74, 6) is -2.06. The number of carbonyl (C=O) groups is 2. The minimum atomic E-state index is -0.938. The molecule has 29 heavy (non-hydrogen) atoms. The van der Waals surface area contributed by atoms with E-state index in [1.807, 2.05) is 73.7 Å². The summed E-state index contributed by atoms with van der Waals surface area (Å²) >= 11 is 5.93. The number of ketones is 1. The van der Waals surface area contributed by atoms with Crippen molar-refractivity contribution >= 4 is 23.4 Å². The molecule has 0 heterocycles. The van der Waals surface area contributed by atoms with Gasteiger partial charge in [0, 0.05) is 17.0 Å². The molecule has 0 fully saturated rings. The summed E-state index contributed by atoms with van der Waals surface area (Å²) in [5, 5.41) is 10.5. The molecule has 0 aromatic heterocycles. The van der Waals surface area contributed by atoms with Crippen LogP contribution in [0.25, 0.3) is 11.1 Å². The van der Waals surface area contributed by atoms with E-state index in [9.17, 15) is 14.7 Å². The van der Waals surface area contributed by atoms with E-state index in [0.717, 1.165) is 16.7 Å². The van der Waals surface area contributed by atoms with Gasteiger partial charge in [0.2, 0.25) is 0 Å². The summed E-state index contributed by atoms with van der Waals surface area (Å²) in [5.41, 5.74) is 3.46. The molecule has 4 heteroatoms. The molecule has 0 amide bonds. The van der Waals surface area contributed by atoms with E-state index in [1.54, 1.807) is 12.1 Å². The van der Waals surface area contributed by atoms with Crippen LogP contribution in [0.4, 0.5) is 0 Å². The molecule has 0 bridgehead atoms. The van der Waals surface area contributed by atoms with Gasteiger partial charge in [0.15, 0.2) is 5.78 Å². The highest BCUT2D eigenvalue weighted by molar-refractivity contribution is 6.30. The lowest BCUT2D eigenvalue weighted by molar-refractivity contribution is -0.142. The first-order chi connectivity index (χ1) is 14.0. The number of halogens is 1. The molecule has 148 valence electrons. The number of carboxylic acids is 1. The van der Waals surface area contributed by atoms with Gasteiger partial charge in [0.25, 0.3) is 0 Å². The quantitative estimate of drug-likeness (QED) is 0.436. The zero-order valence-corrected chi connectivity index (χ0v) is 17.0. The van der Waals surface area contributed by atoms with Gasteiger partial charge in [-0.2, -0.15) is 0 Å². The Morgan fingerprint density at radius 3 is 1.93 bits per heavy atom. The Labute approximate surface area is 176 Å². The number of rotatable bonds is 8. The number of carbonyl (C=O) groups excluding carboxylic acids is 1. The van der Waals surface area contributed by atoms with Gasteiger partial charge in [-0.05, 0) is 41.2 Å². The van der Waals surface area contributed by atoms with Gasteiger partial charge in [0.1, 0.15) is 0 Å². The van der Waals surface area contributed by atoms with Crippen LogP contribution in [-0.2, 0) is 4.79 Å². The van der Waals surface area contributed by atoms with E-state index in [1.165, 1.54) is 0 Å². The summed E-state index contributed by atoms with van der Waals surface area (Å²) < 4.78 is 0. The van der Waals surface area contributed by atoms with E-state index >= 15 is 0 Å². The first-order valence-electron chi connectivity index (χ1n) is 9.66. The lowest BCUT2D eigenvalue weighted by Gasteiger charge is -2.23.